The molecule has 7 heteroatoms. The first-order valence-electron chi connectivity index (χ1n) is 6.59. The number of aryl methyl sites for hydroxylation is 1. The Morgan fingerprint density at radius 2 is 2.05 bits per heavy atom. The lowest BCUT2D eigenvalue weighted by atomic mass is 10.2. The Balaban J connectivity index is 2.17. The van der Waals surface area contributed by atoms with Gasteiger partial charge in [0.05, 0.1) is 5.75 Å². The molecule has 0 radical (unpaired) electrons. The van der Waals surface area contributed by atoms with Gasteiger partial charge in [0.1, 0.15) is 0 Å². The summed E-state index contributed by atoms with van der Waals surface area (Å²) in [4.78, 5) is 14.4. The molecule has 0 saturated carbocycles. The highest BCUT2D eigenvalue weighted by molar-refractivity contribution is 7.89. The van der Waals surface area contributed by atoms with Crippen molar-refractivity contribution in [3.05, 3.63) is 30.1 Å². The van der Waals surface area contributed by atoms with Crippen molar-refractivity contribution in [1.29, 1.82) is 0 Å². The largest absolute Gasteiger partial charge is 0.481 e. The molecule has 1 aromatic rings. The van der Waals surface area contributed by atoms with Crippen LogP contribution in [0.3, 0.4) is 0 Å². The molecule has 0 aliphatic carbocycles. The van der Waals surface area contributed by atoms with Gasteiger partial charge in [-0.25, -0.2) is 13.1 Å². The van der Waals surface area contributed by atoms with E-state index in [1.165, 1.54) is 0 Å². The van der Waals surface area contributed by atoms with Gasteiger partial charge in [0, 0.05) is 31.3 Å². The highest BCUT2D eigenvalue weighted by Gasteiger charge is 2.10. The molecule has 20 heavy (non-hydrogen) atoms. The summed E-state index contributed by atoms with van der Waals surface area (Å²) in [5, 5.41) is 8.46. The fourth-order valence-corrected chi connectivity index (χ4v) is 2.74. The number of rotatable bonds is 10. The fraction of sp³-hybridized carbons (Fsp3) is 0.538. The van der Waals surface area contributed by atoms with Gasteiger partial charge < -0.3 is 5.11 Å². The van der Waals surface area contributed by atoms with Crippen molar-refractivity contribution in [1.82, 2.24) is 9.71 Å². The predicted octanol–water partition coefficient (Wildman–Crippen LogP) is 1.19. The summed E-state index contributed by atoms with van der Waals surface area (Å²) >= 11 is 0. The second-order valence-electron chi connectivity index (χ2n) is 4.49. The number of aliphatic carboxylic acids is 1. The Bertz CT molecular complexity index is 502. The number of aromatic nitrogens is 1. The van der Waals surface area contributed by atoms with Crippen molar-refractivity contribution in [3.8, 4) is 0 Å². The van der Waals surface area contributed by atoms with Crippen LogP contribution in [0.15, 0.2) is 24.4 Å². The third kappa shape index (κ3) is 7.85. The Labute approximate surface area is 119 Å². The van der Waals surface area contributed by atoms with E-state index in [4.69, 9.17) is 5.11 Å². The van der Waals surface area contributed by atoms with Crippen molar-refractivity contribution < 1.29 is 18.3 Å². The molecule has 0 aromatic carbocycles. The number of pyridine rings is 1. The minimum atomic E-state index is -3.29. The van der Waals surface area contributed by atoms with E-state index in [-0.39, 0.29) is 12.2 Å². The minimum Gasteiger partial charge on any atom is -0.481 e. The van der Waals surface area contributed by atoms with Crippen molar-refractivity contribution in [2.45, 2.75) is 32.1 Å². The third-order valence-corrected chi connectivity index (χ3v) is 4.13. The summed E-state index contributed by atoms with van der Waals surface area (Å²) in [5.41, 5.74) is 0.749. The second kappa shape index (κ2) is 8.65. The Morgan fingerprint density at radius 3 is 2.70 bits per heavy atom. The van der Waals surface area contributed by atoms with E-state index in [9.17, 15) is 13.2 Å². The van der Waals surface area contributed by atoms with E-state index < -0.39 is 16.0 Å². The van der Waals surface area contributed by atoms with Crippen LogP contribution in [0.5, 0.6) is 0 Å². The van der Waals surface area contributed by atoms with Crippen molar-refractivity contribution in [2.24, 2.45) is 0 Å². The summed E-state index contributed by atoms with van der Waals surface area (Å²) < 4.78 is 25.9. The topological polar surface area (TPSA) is 96.4 Å². The molecule has 6 nitrogen and oxygen atoms in total. The number of carboxylic acid groups (broad SMARTS) is 1. The highest BCUT2D eigenvalue weighted by Crippen LogP contribution is 2.00. The van der Waals surface area contributed by atoms with Crippen molar-refractivity contribution >= 4 is 16.0 Å². The van der Waals surface area contributed by atoms with Crippen molar-refractivity contribution in [3.63, 3.8) is 0 Å². The van der Waals surface area contributed by atoms with Gasteiger partial charge in [-0.15, -0.1) is 0 Å². The lowest BCUT2D eigenvalue weighted by Gasteiger charge is -2.06. The van der Waals surface area contributed by atoms with Crippen LogP contribution < -0.4 is 4.72 Å². The zero-order chi connectivity index (χ0) is 14.8. The zero-order valence-electron chi connectivity index (χ0n) is 11.3. The molecule has 0 fully saturated rings. The number of unbranched alkanes of at least 4 members (excludes halogenated alkanes) is 2. The van der Waals surface area contributed by atoms with E-state index in [1.54, 1.807) is 18.3 Å². The van der Waals surface area contributed by atoms with Crippen LogP contribution in [-0.2, 0) is 21.2 Å². The maximum Gasteiger partial charge on any atom is 0.303 e. The molecule has 112 valence electrons. The summed E-state index contributed by atoms with van der Waals surface area (Å²) in [7, 11) is -3.29. The normalized spacial score (nSPS) is 11.4. The van der Waals surface area contributed by atoms with Gasteiger partial charge in [-0.05, 0) is 25.0 Å². The zero-order valence-corrected chi connectivity index (χ0v) is 12.1. The molecule has 0 spiro atoms. The second-order valence-corrected chi connectivity index (χ2v) is 6.42. The highest BCUT2D eigenvalue weighted by atomic mass is 32.2. The van der Waals surface area contributed by atoms with E-state index in [2.05, 4.69) is 9.71 Å². The molecule has 0 aliphatic heterocycles. The lowest BCUT2D eigenvalue weighted by Crippen LogP contribution is -2.28. The van der Waals surface area contributed by atoms with Crippen LogP contribution >= 0.6 is 0 Å². The van der Waals surface area contributed by atoms with Gasteiger partial charge in [-0.3, -0.25) is 9.78 Å². The molecule has 2 N–H and O–H groups in total. The fourth-order valence-electron chi connectivity index (χ4n) is 1.66. The molecular weight excluding hydrogens is 280 g/mol. The molecule has 1 rings (SSSR count). The van der Waals surface area contributed by atoms with Crippen LogP contribution in [0.2, 0.25) is 0 Å². The number of nitrogens with zero attached hydrogens (tertiary/aromatic N) is 1. The average molecular weight is 300 g/mol. The van der Waals surface area contributed by atoms with Gasteiger partial charge in [0.15, 0.2) is 0 Å². The first-order chi connectivity index (χ1) is 9.49. The van der Waals surface area contributed by atoms with Gasteiger partial charge in [-0.1, -0.05) is 12.5 Å². The Morgan fingerprint density at radius 1 is 1.25 bits per heavy atom. The molecular formula is C13H20N2O4S. The number of hydrogen-bond donors (Lipinski definition) is 2. The SMILES string of the molecule is O=C(O)CCCCCNS(=O)(=O)CCc1ccccn1. The Kier molecular flexibility index (Phi) is 7.17. The monoisotopic (exact) mass is 300 g/mol. The van der Waals surface area contributed by atoms with Gasteiger partial charge in [-0.2, -0.15) is 0 Å². The molecule has 1 heterocycles. The summed E-state index contributed by atoms with van der Waals surface area (Å²) in [6.45, 7) is 0.351. The maximum atomic E-state index is 11.7. The van der Waals surface area contributed by atoms with Crippen LogP contribution in [0.4, 0.5) is 0 Å². The minimum absolute atomic E-state index is 0.0130. The number of nitrogens with one attached hydrogen (secondary N) is 1. The average Bonchev–Trinajstić information content (AvgIpc) is 2.41. The predicted molar refractivity (Wildman–Crippen MR) is 75.8 cm³/mol. The molecule has 0 atom stereocenters. The van der Waals surface area contributed by atoms with E-state index in [0.29, 0.717) is 32.2 Å². The summed E-state index contributed by atoms with van der Waals surface area (Å²) in [5.74, 6) is -0.806. The molecule has 0 unspecified atom stereocenters. The maximum absolute atomic E-state index is 11.7. The van der Waals surface area contributed by atoms with E-state index in [0.717, 1.165) is 5.69 Å². The smallest absolute Gasteiger partial charge is 0.303 e. The van der Waals surface area contributed by atoms with Crippen LogP contribution in [0.1, 0.15) is 31.4 Å². The molecule has 0 bridgehead atoms. The third-order valence-electron chi connectivity index (χ3n) is 2.74. The number of carboxylic acids is 1. The van der Waals surface area contributed by atoms with Crippen LogP contribution in [0.25, 0.3) is 0 Å². The number of hydrogen-bond acceptors (Lipinski definition) is 4. The van der Waals surface area contributed by atoms with Crippen LogP contribution in [0, 0.1) is 0 Å². The van der Waals surface area contributed by atoms with Crippen LogP contribution in [-0.4, -0.2) is 36.8 Å². The van der Waals surface area contributed by atoms with Crippen molar-refractivity contribution in [2.75, 3.05) is 12.3 Å². The quantitative estimate of drug-likeness (QED) is 0.633. The van der Waals surface area contributed by atoms with E-state index >= 15 is 0 Å². The molecule has 0 saturated heterocycles. The first kappa shape index (κ1) is 16.6. The number of sulfonamides is 1. The molecule has 0 aliphatic rings. The van der Waals surface area contributed by atoms with E-state index in [1.807, 2.05) is 6.07 Å². The van der Waals surface area contributed by atoms with Gasteiger partial charge in [0.25, 0.3) is 0 Å². The van der Waals surface area contributed by atoms with Gasteiger partial charge in [0.2, 0.25) is 10.0 Å². The standard InChI is InChI=1S/C13H20N2O4S/c16-13(17)7-2-1-4-10-15-20(18,19)11-8-12-6-3-5-9-14-12/h3,5-6,9,15H,1-2,4,7-8,10-11H2,(H,16,17). The lowest BCUT2D eigenvalue weighted by molar-refractivity contribution is -0.137. The first-order valence-corrected chi connectivity index (χ1v) is 8.24. The summed E-state index contributed by atoms with van der Waals surface area (Å²) in [6, 6.07) is 5.40. The number of carbonyl (C=O) groups is 1. The molecule has 1 aromatic heterocycles. The Hall–Kier alpha value is -1.47. The summed E-state index contributed by atoms with van der Waals surface area (Å²) in [6.07, 6.45) is 4.08. The van der Waals surface area contributed by atoms with Gasteiger partial charge >= 0.3 is 5.97 Å². The molecule has 0 amide bonds.